The van der Waals surface area contributed by atoms with Gasteiger partial charge in [0.05, 0.1) is 13.2 Å². The average molecular weight is 846 g/mol. The second-order valence-corrected chi connectivity index (χ2v) is 16.3. The van der Waals surface area contributed by atoms with Gasteiger partial charge in [0.15, 0.2) is 6.10 Å². The van der Waals surface area contributed by atoms with Gasteiger partial charge in [0.25, 0.3) is 0 Å². The molecule has 0 aromatic heterocycles. The molecule has 9 nitrogen and oxygen atoms in total. The molecule has 3 N–H and O–H groups in total. The van der Waals surface area contributed by atoms with E-state index >= 15 is 0 Å². The van der Waals surface area contributed by atoms with Crippen LogP contribution in [-0.4, -0.2) is 49.3 Å². The van der Waals surface area contributed by atoms with Crippen molar-refractivity contribution in [3.05, 3.63) is 85.1 Å². The van der Waals surface area contributed by atoms with Crippen molar-refractivity contribution in [3.8, 4) is 0 Å². The molecule has 0 aliphatic heterocycles. The number of phosphoric ester groups is 1. The molecule has 0 saturated heterocycles. The van der Waals surface area contributed by atoms with E-state index < -0.39 is 32.5 Å². The van der Waals surface area contributed by atoms with Crippen LogP contribution in [0, 0.1) is 0 Å². The third-order valence-corrected chi connectivity index (χ3v) is 10.2. The highest BCUT2D eigenvalue weighted by molar-refractivity contribution is 7.47. The molecule has 0 aromatic rings. The minimum atomic E-state index is -4.39. The molecule has 0 fully saturated rings. The van der Waals surface area contributed by atoms with Crippen molar-refractivity contribution < 1.29 is 37.6 Å². The Hall–Kier alpha value is -2.81. The second kappa shape index (κ2) is 44.7. The molecule has 0 amide bonds. The lowest BCUT2D eigenvalue weighted by Crippen LogP contribution is -2.29. The van der Waals surface area contributed by atoms with E-state index in [1.807, 2.05) is 0 Å². The molecule has 0 aliphatic rings. The van der Waals surface area contributed by atoms with Crippen molar-refractivity contribution in [2.24, 2.45) is 5.73 Å². The van der Waals surface area contributed by atoms with E-state index in [-0.39, 0.29) is 32.6 Å². The standard InChI is InChI=1S/C49H84NO8P/c1-3-5-7-9-11-13-15-17-19-21-22-23-24-26-28-30-32-34-36-38-40-42-49(52)58-47(46-57-59(53,54)56-44-43-50)45-55-48(51)41-39-37-35-33-31-29-27-25-20-18-16-14-12-10-8-6-4-2/h5,7,11-14,17-20,22-23,26,28,47H,3-4,6,8-10,15-16,21,24-25,27,29-46,50H2,1-2H3,(H,53,54)/b7-5-,13-11-,14-12-,19-17-,20-18-,23-22-,28-26-. The molecule has 2 unspecified atom stereocenters. The van der Waals surface area contributed by atoms with Gasteiger partial charge in [0, 0.05) is 19.4 Å². The Balaban J connectivity index is 4.19. The van der Waals surface area contributed by atoms with Crippen LogP contribution in [0.4, 0.5) is 0 Å². The van der Waals surface area contributed by atoms with Gasteiger partial charge in [-0.3, -0.25) is 18.6 Å². The van der Waals surface area contributed by atoms with Crippen molar-refractivity contribution in [2.45, 2.75) is 187 Å². The molecular weight excluding hydrogens is 762 g/mol. The van der Waals surface area contributed by atoms with E-state index in [2.05, 4.69) is 98.9 Å². The maximum absolute atomic E-state index is 12.6. The number of esters is 2. The minimum absolute atomic E-state index is 0.0441. The van der Waals surface area contributed by atoms with Gasteiger partial charge in [0.1, 0.15) is 6.61 Å². The largest absolute Gasteiger partial charge is 0.472 e. The number of hydrogen-bond acceptors (Lipinski definition) is 8. The summed E-state index contributed by atoms with van der Waals surface area (Å²) in [5, 5.41) is 0. The number of rotatable bonds is 42. The highest BCUT2D eigenvalue weighted by Gasteiger charge is 2.26. The topological polar surface area (TPSA) is 134 Å². The summed E-state index contributed by atoms with van der Waals surface area (Å²) >= 11 is 0. The van der Waals surface area contributed by atoms with Gasteiger partial charge in [-0.05, 0) is 89.9 Å². The Labute approximate surface area is 360 Å². The molecule has 0 radical (unpaired) electrons. The Morgan fingerprint density at radius 3 is 1.39 bits per heavy atom. The molecular formula is C49H84NO8P. The fourth-order valence-electron chi connectivity index (χ4n) is 5.87. The first kappa shape index (κ1) is 56.2. The molecule has 10 heteroatoms. The number of carbonyl (C=O) groups excluding carboxylic acids is 2. The van der Waals surface area contributed by atoms with Crippen molar-refractivity contribution in [1.29, 1.82) is 0 Å². The van der Waals surface area contributed by atoms with Gasteiger partial charge < -0.3 is 20.1 Å². The summed E-state index contributed by atoms with van der Waals surface area (Å²) in [5.74, 6) is -0.866. The van der Waals surface area contributed by atoms with Crippen LogP contribution in [0.1, 0.15) is 181 Å². The van der Waals surface area contributed by atoms with Crippen LogP contribution >= 0.6 is 7.82 Å². The SMILES string of the molecule is CC/C=C\C/C=C\C/C=C\C/C=C\C/C=C\CCCCCCCC(=O)OC(COC(=O)CCCCCCCCC/C=C\C/C=C\CCCCC)COP(=O)(O)OCCN. The highest BCUT2D eigenvalue weighted by atomic mass is 31.2. The van der Waals surface area contributed by atoms with Crippen LogP contribution in [0.5, 0.6) is 0 Å². The number of hydrogen-bond donors (Lipinski definition) is 2. The van der Waals surface area contributed by atoms with Gasteiger partial charge >= 0.3 is 19.8 Å². The number of ether oxygens (including phenoxy) is 2. The molecule has 0 aromatic carbocycles. The molecule has 2 atom stereocenters. The summed E-state index contributed by atoms with van der Waals surface area (Å²) in [6, 6.07) is 0. The van der Waals surface area contributed by atoms with Crippen molar-refractivity contribution in [1.82, 2.24) is 0 Å². The first-order valence-corrected chi connectivity index (χ1v) is 24.6. The van der Waals surface area contributed by atoms with Crippen molar-refractivity contribution in [3.63, 3.8) is 0 Å². The molecule has 338 valence electrons. The zero-order chi connectivity index (χ0) is 43.2. The number of carbonyl (C=O) groups is 2. The van der Waals surface area contributed by atoms with Crippen LogP contribution in [0.25, 0.3) is 0 Å². The summed E-state index contributed by atoms with van der Waals surface area (Å²) in [5.41, 5.74) is 5.35. The lowest BCUT2D eigenvalue weighted by molar-refractivity contribution is -0.161. The minimum Gasteiger partial charge on any atom is -0.462 e. The number of unbranched alkanes of at least 4 members (excludes halogenated alkanes) is 15. The maximum Gasteiger partial charge on any atom is 0.472 e. The summed E-state index contributed by atoms with van der Waals surface area (Å²) < 4.78 is 32.8. The molecule has 0 rings (SSSR count). The monoisotopic (exact) mass is 846 g/mol. The summed E-state index contributed by atoms with van der Waals surface area (Å²) in [7, 11) is -4.39. The van der Waals surface area contributed by atoms with Gasteiger partial charge in [-0.2, -0.15) is 0 Å². The summed E-state index contributed by atoms with van der Waals surface area (Å²) in [6.07, 6.45) is 56.1. The molecule has 0 spiro atoms. The highest BCUT2D eigenvalue weighted by Crippen LogP contribution is 2.43. The first-order valence-electron chi connectivity index (χ1n) is 23.1. The van der Waals surface area contributed by atoms with Crippen LogP contribution < -0.4 is 5.73 Å². The maximum atomic E-state index is 12.6. The van der Waals surface area contributed by atoms with Gasteiger partial charge in [-0.15, -0.1) is 0 Å². The normalized spacial score (nSPS) is 14.0. The van der Waals surface area contributed by atoms with E-state index in [1.165, 1.54) is 44.9 Å². The number of phosphoric acid groups is 1. The van der Waals surface area contributed by atoms with Gasteiger partial charge in [-0.1, -0.05) is 163 Å². The Bertz CT molecular complexity index is 1240. The predicted octanol–water partition coefficient (Wildman–Crippen LogP) is 13.6. The smallest absolute Gasteiger partial charge is 0.462 e. The Morgan fingerprint density at radius 2 is 0.932 bits per heavy atom. The average Bonchev–Trinajstić information content (AvgIpc) is 3.22. The summed E-state index contributed by atoms with van der Waals surface area (Å²) in [6.45, 7) is 3.55. The van der Waals surface area contributed by atoms with E-state index in [0.717, 1.165) is 103 Å². The van der Waals surface area contributed by atoms with E-state index in [9.17, 15) is 19.0 Å². The van der Waals surface area contributed by atoms with Crippen LogP contribution in [0.15, 0.2) is 85.1 Å². The van der Waals surface area contributed by atoms with Gasteiger partial charge in [0.2, 0.25) is 0 Å². The quantitative estimate of drug-likeness (QED) is 0.0266. The fraction of sp³-hybridized carbons (Fsp3) is 0.673. The van der Waals surface area contributed by atoms with Crippen LogP contribution in [0.2, 0.25) is 0 Å². The summed E-state index contributed by atoms with van der Waals surface area (Å²) in [4.78, 5) is 35.0. The first-order chi connectivity index (χ1) is 28.8. The lowest BCUT2D eigenvalue weighted by Gasteiger charge is -2.19. The Morgan fingerprint density at radius 1 is 0.525 bits per heavy atom. The van der Waals surface area contributed by atoms with Crippen LogP contribution in [-0.2, 0) is 32.7 Å². The Kier molecular flexibility index (Phi) is 42.6. The molecule has 0 aliphatic carbocycles. The lowest BCUT2D eigenvalue weighted by atomic mass is 10.1. The fourth-order valence-corrected chi connectivity index (χ4v) is 6.63. The van der Waals surface area contributed by atoms with Gasteiger partial charge in [-0.25, -0.2) is 4.57 Å². The molecule has 59 heavy (non-hydrogen) atoms. The van der Waals surface area contributed by atoms with E-state index in [0.29, 0.717) is 6.42 Å². The zero-order valence-electron chi connectivity index (χ0n) is 37.2. The second-order valence-electron chi connectivity index (χ2n) is 14.9. The van der Waals surface area contributed by atoms with Crippen molar-refractivity contribution in [2.75, 3.05) is 26.4 Å². The number of nitrogens with two attached hydrogens (primary N) is 1. The van der Waals surface area contributed by atoms with Crippen LogP contribution in [0.3, 0.4) is 0 Å². The zero-order valence-corrected chi connectivity index (χ0v) is 38.1. The molecule has 0 bridgehead atoms. The molecule has 0 heterocycles. The van der Waals surface area contributed by atoms with E-state index in [4.69, 9.17) is 24.3 Å². The number of allylic oxidation sites excluding steroid dienone is 14. The van der Waals surface area contributed by atoms with Crippen molar-refractivity contribution >= 4 is 19.8 Å². The third kappa shape index (κ3) is 44.6. The molecule has 0 saturated carbocycles. The predicted molar refractivity (Wildman–Crippen MR) is 247 cm³/mol. The third-order valence-electron chi connectivity index (χ3n) is 9.27. The van der Waals surface area contributed by atoms with E-state index in [1.54, 1.807) is 0 Å².